The first kappa shape index (κ1) is 21.1. The molecule has 1 N–H and O–H groups in total. The van der Waals surface area contributed by atoms with Crippen LogP contribution in [0, 0.1) is 0 Å². The molecule has 28 heavy (non-hydrogen) atoms. The van der Waals surface area contributed by atoms with Crippen LogP contribution in [-0.4, -0.2) is 55.2 Å². The Kier molecular flexibility index (Phi) is 6.68. The van der Waals surface area contributed by atoms with Crippen LogP contribution >= 0.6 is 12.4 Å². The van der Waals surface area contributed by atoms with Crippen molar-refractivity contribution in [2.45, 2.75) is 38.8 Å². The molecule has 0 saturated carbocycles. The lowest BCUT2D eigenvalue weighted by atomic mass is 10.1. The van der Waals surface area contributed by atoms with Gasteiger partial charge in [-0.25, -0.2) is 13.4 Å². The second-order valence-corrected chi connectivity index (χ2v) is 9.84. The lowest BCUT2D eigenvalue weighted by Gasteiger charge is -2.18. The quantitative estimate of drug-likeness (QED) is 0.739. The maximum Gasteiger partial charge on any atom is 0.151 e. The normalized spacial score (nSPS) is 20.2. The number of nitrogens with zero attached hydrogens (tertiary/aromatic N) is 3. The molecule has 0 spiro atoms. The van der Waals surface area contributed by atoms with Crippen LogP contribution in [0.4, 0.5) is 5.69 Å². The van der Waals surface area contributed by atoms with Gasteiger partial charge in [-0.3, -0.25) is 0 Å². The summed E-state index contributed by atoms with van der Waals surface area (Å²) in [4.78, 5) is 6.81. The lowest BCUT2D eigenvalue weighted by Crippen LogP contribution is -2.32. The smallest absolute Gasteiger partial charge is 0.151 e. The van der Waals surface area contributed by atoms with Gasteiger partial charge in [-0.15, -0.1) is 12.4 Å². The molecule has 4 rings (SSSR count). The van der Waals surface area contributed by atoms with Crippen molar-refractivity contribution in [2.24, 2.45) is 0 Å². The second-order valence-electron chi connectivity index (χ2n) is 7.61. The number of nitrogens with one attached hydrogen (secondary N) is 1. The van der Waals surface area contributed by atoms with E-state index in [9.17, 15) is 8.42 Å². The summed E-state index contributed by atoms with van der Waals surface area (Å²) in [5.74, 6) is 0.577. The highest BCUT2D eigenvalue weighted by atomic mass is 35.5. The zero-order chi connectivity index (χ0) is 18.9. The van der Waals surface area contributed by atoms with E-state index >= 15 is 0 Å². The standard InChI is InChI=1S/C20H28N4O2S.ClH/c1-2-8-23-9-5-17-12-16(3-4-19(17)23)20-13-21-15-24(20)10-7-22-18-6-11-27(25,26)14-18;/h3-4,12-13,15,18,22H,2,5-11,14H2,1H3;1H. The molecule has 2 aliphatic heterocycles. The Bertz CT molecular complexity index is 913. The van der Waals surface area contributed by atoms with Gasteiger partial charge in [0, 0.05) is 43.5 Å². The summed E-state index contributed by atoms with van der Waals surface area (Å²) in [6.07, 6.45) is 6.77. The number of benzene rings is 1. The molecule has 0 bridgehead atoms. The van der Waals surface area contributed by atoms with Crippen molar-refractivity contribution in [2.75, 3.05) is 36.0 Å². The van der Waals surface area contributed by atoms with Crippen LogP contribution in [0.1, 0.15) is 25.3 Å². The Morgan fingerprint density at radius 2 is 2.14 bits per heavy atom. The van der Waals surface area contributed by atoms with E-state index in [0.29, 0.717) is 5.75 Å². The zero-order valence-corrected chi connectivity index (χ0v) is 17.9. The molecular weight excluding hydrogens is 396 g/mol. The number of hydrogen-bond donors (Lipinski definition) is 1. The first-order valence-electron chi connectivity index (χ1n) is 9.88. The van der Waals surface area contributed by atoms with Gasteiger partial charge in [0.05, 0.1) is 29.7 Å². The highest BCUT2D eigenvalue weighted by Crippen LogP contribution is 2.32. The van der Waals surface area contributed by atoms with Crippen LogP contribution in [0.15, 0.2) is 30.7 Å². The Morgan fingerprint density at radius 1 is 1.29 bits per heavy atom. The van der Waals surface area contributed by atoms with E-state index in [2.05, 4.69) is 44.9 Å². The first-order chi connectivity index (χ1) is 13.1. The highest BCUT2D eigenvalue weighted by Gasteiger charge is 2.27. The molecule has 6 nitrogen and oxygen atoms in total. The number of aromatic nitrogens is 2. The molecule has 1 aromatic heterocycles. The fourth-order valence-electron chi connectivity index (χ4n) is 4.22. The van der Waals surface area contributed by atoms with Gasteiger partial charge < -0.3 is 14.8 Å². The zero-order valence-electron chi connectivity index (χ0n) is 16.3. The molecule has 2 aromatic rings. The molecule has 0 amide bonds. The summed E-state index contributed by atoms with van der Waals surface area (Å²) in [5.41, 5.74) is 5.11. The third-order valence-corrected chi connectivity index (χ3v) is 7.36. The van der Waals surface area contributed by atoms with Gasteiger partial charge in [-0.1, -0.05) is 13.0 Å². The molecule has 0 aliphatic carbocycles. The molecule has 1 aromatic carbocycles. The largest absolute Gasteiger partial charge is 0.371 e. The number of halogens is 1. The summed E-state index contributed by atoms with van der Waals surface area (Å²) in [5, 5.41) is 3.38. The van der Waals surface area contributed by atoms with Crippen LogP contribution < -0.4 is 10.2 Å². The molecule has 1 fully saturated rings. The number of anilines is 1. The van der Waals surface area contributed by atoms with Gasteiger partial charge in [-0.2, -0.15) is 0 Å². The average Bonchev–Trinajstić information content (AvgIpc) is 3.34. The second kappa shape index (κ2) is 8.84. The maximum absolute atomic E-state index is 11.6. The van der Waals surface area contributed by atoms with Crippen molar-refractivity contribution in [3.05, 3.63) is 36.3 Å². The molecular formula is C20H29ClN4O2S. The van der Waals surface area contributed by atoms with Crippen molar-refractivity contribution in [3.8, 4) is 11.3 Å². The van der Waals surface area contributed by atoms with E-state index in [0.717, 1.165) is 44.7 Å². The fraction of sp³-hybridized carbons (Fsp3) is 0.550. The van der Waals surface area contributed by atoms with Gasteiger partial charge in [0.25, 0.3) is 0 Å². The summed E-state index contributed by atoms with van der Waals surface area (Å²) in [7, 11) is -2.83. The van der Waals surface area contributed by atoms with E-state index < -0.39 is 9.84 Å². The van der Waals surface area contributed by atoms with Crippen LogP contribution in [0.25, 0.3) is 11.3 Å². The van der Waals surface area contributed by atoms with E-state index in [1.54, 1.807) is 0 Å². The average molecular weight is 425 g/mol. The van der Waals surface area contributed by atoms with Crippen LogP contribution in [0.5, 0.6) is 0 Å². The van der Waals surface area contributed by atoms with E-state index in [-0.39, 0.29) is 24.2 Å². The van der Waals surface area contributed by atoms with E-state index in [1.165, 1.54) is 23.2 Å². The predicted octanol–water partition coefficient (Wildman–Crippen LogP) is 2.52. The number of fused-ring (bicyclic) bond motifs is 1. The summed E-state index contributed by atoms with van der Waals surface area (Å²) in [6.45, 7) is 5.98. The van der Waals surface area contributed by atoms with Crippen LogP contribution in [-0.2, 0) is 22.8 Å². The monoisotopic (exact) mass is 424 g/mol. The minimum atomic E-state index is -2.83. The van der Waals surface area contributed by atoms with Crippen molar-refractivity contribution in [1.29, 1.82) is 0 Å². The van der Waals surface area contributed by atoms with Crippen molar-refractivity contribution in [1.82, 2.24) is 14.9 Å². The van der Waals surface area contributed by atoms with Crippen molar-refractivity contribution < 1.29 is 8.42 Å². The van der Waals surface area contributed by atoms with Crippen LogP contribution in [0.3, 0.4) is 0 Å². The van der Waals surface area contributed by atoms with Crippen LogP contribution in [0.2, 0.25) is 0 Å². The maximum atomic E-state index is 11.6. The van der Waals surface area contributed by atoms with Gasteiger partial charge in [0.2, 0.25) is 0 Å². The van der Waals surface area contributed by atoms with Crippen molar-refractivity contribution >= 4 is 27.9 Å². The Morgan fingerprint density at radius 3 is 2.89 bits per heavy atom. The Balaban J connectivity index is 0.00000225. The summed E-state index contributed by atoms with van der Waals surface area (Å²) < 4.78 is 25.3. The number of rotatable bonds is 7. The fourth-order valence-corrected chi connectivity index (χ4v) is 5.92. The number of sulfone groups is 1. The Labute approximate surface area is 173 Å². The van der Waals surface area contributed by atoms with Crippen molar-refractivity contribution in [3.63, 3.8) is 0 Å². The topological polar surface area (TPSA) is 67.2 Å². The molecule has 1 unspecified atom stereocenters. The summed E-state index contributed by atoms with van der Waals surface area (Å²) >= 11 is 0. The number of imidazole rings is 1. The molecule has 154 valence electrons. The molecule has 1 saturated heterocycles. The molecule has 0 radical (unpaired) electrons. The summed E-state index contributed by atoms with van der Waals surface area (Å²) in [6, 6.07) is 6.82. The highest BCUT2D eigenvalue weighted by molar-refractivity contribution is 7.91. The number of hydrogen-bond acceptors (Lipinski definition) is 5. The molecule has 1 atom stereocenters. The van der Waals surface area contributed by atoms with Gasteiger partial charge in [-0.05, 0) is 37.0 Å². The molecule has 3 heterocycles. The predicted molar refractivity (Wildman–Crippen MR) is 116 cm³/mol. The minimum Gasteiger partial charge on any atom is -0.371 e. The minimum absolute atomic E-state index is 0. The van der Waals surface area contributed by atoms with Gasteiger partial charge >= 0.3 is 0 Å². The van der Waals surface area contributed by atoms with E-state index in [4.69, 9.17) is 0 Å². The SMILES string of the molecule is CCCN1CCc2cc(-c3cncn3CCNC3CCS(=O)(=O)C3)ccc21.Cl. The third-order valence-electron chi connectivity index (χ3n) is 5.59. The Hall–Kier alpha value is -1.57. The third kappa shape index (κ3) is 4.53. The van der Waals surface area contributed by atoms with E-state index in [1.807, 2.05) is 12.5 Å². The first-order valence-corrected chi connectivity index (χ1v) is 11.7. The van der Waals surface area contributed by atoms with Gasteiger partial charge in [0.15, 0.2) is 9.84 Å². The molecule has 2 aliphatic rings. The molecule has 8 heteroatoms. The van der Waals surface area contributed by atoms with Gasteiger partial charge in [0.1, 0.15) is 0 Å². The lowest BCUT2D eigenvalue weighted by molar-refractivity contribution is 0.521.